The van der Waals surface area contributed by atoms with E-state index in [1.807, 2.05) is 0 Å². The summed E-state index contributed by atoms with van der Waals surface area (Å²) in [6.45, 7) is 0. The maximum absolute atomic E-state index is 8.52. The van der Waals surface area contributed by atoms with Crippen LogP contribution in [0.4, 0.5) is 0 Å². The number of hydrogen-bond acceptors (Lipinski definition) is 4. The Morgan fingerprint density at radius 2 is 1.00 bits per heavy atom. The molecule has 0 unspecified atom stereocenters. The normalized spacial score (nSPS) is 7.25. The van der Waals surface area contributed by atoms with Gasteiger partial charge in [-0.25, -0.2) is 0 Å². The van der Waals surface area contributed by atoms with Crippen molar-refractivity contribution in [2.24, 2.45) is 0 Å². The van der Waals surface area contributed by atoms with E-state index in [-0.39, 0.29) is 56.4 Å². The van der Waals surface area contributed by atoms with Crippen LogP contribution >= 0.6 is 0 Å². The summed E-state index contributed by atoms with van der Waals surface area (Å²) in [6, 6.07) is 0. The van der Waals surface area contributed by atoms with Crippen LogP contribution in [0.1, 0.15) is 0 Å². The van der Waals surface area contributed by atoms with Gasteiger partial charge in [0.25, 0.3) is 0 Å². The van der Waals surface area contributed by atoms with Crippen LogP contribution in [0.2, 0.25) is 0 Å². The van der Waals surface area contributed by atoms with Gasteiger partial charge in [-0.3, -0.25) is 8.42 Å². The molecule has 0 rings (SSSR count). The summed E-state index contributed by atoms with van der Waals surface area (Å²) >= 11 is 0. The van der Waals surface area contributed by atoms with Gasteiger partial charge in [-0.1, -0.05) is 0 Å². The van der Waals surface area contributed by atoms with Gasteiger partial charge in [-0.2, -0.15) is 0 Å². The van der Waals surface area contributed by atoms with Crippen LogP contribution in [0.5, 0.6) is 0 Å². The molecule has 0 aromatic carbocycles. The Labute approximate surface area is 83.4 Å². The molecule has 0 radical (unpaired) electrons. The Morgan fingerprint density at radius 3 is 1.00 bits per heavy atom. The number of hydrogen-bond donors (Lipinski definition) is 0. The molecule has 6 nitrogen and oxygen atoms in total. The van der Waals surface area contributed by atoms with Gasteiger partial charge in [0, 0.05) is 10.4 Å². The predicted octanol–water partition coefficient (Wildman–Crippen LogP) is -3.37. The van der Waals surface area contributed by atoms with E-state index in [0.29, 0.717) is 0 Å². The summed E-state index contributed by atoms with van der Waals surface area (Å²) in [7, 11) is -5.17. The van der Waals surface area contributed by atoms with Crippen molar-refractivity contribution in [3.8, 4) is 0 Å². The summed E-state index contributed by atoms with van der Waals surface area (Å²) in [5.41, 5.74) is 0. The fraction of sp³-hybridized carbons (Fsp3) is 0. The van der Waals surface area contributed by atoms with Crippen LogP contribution in [0, 0.1) is 0 Å². The molecule has 0 fully saturated rings. The molecule has 0 aliphatic rings. The molecule has 0 aliphatic heterocycles. The first-order chi connectivity index (χ1) is 2.00. The zero-order chi connectivity index (χ0) is 4.50. The third-order valence-electron chi connectivity index (χ3n) is 0. The van der Waals surface area contributed by atoms with E-state index in [1.54, 1.807) is 0 Å². The summed E-state index contributed by atoms with van der Waals surface area (Å²) < 4.78 is 34.1. The molecule has 8 heteroatoms. The molecule has 4 N–H and O–H groups in total. The Kier molecular flexibility index (Phi) is 23.6. The van der Waals surface area contributed by atoms with Gasteiger partial charge in [0.2, 0.25) is 0 Å². The largest absolute Gasteiger partial charge is 2.00 e. The summed E-state index contributed by atoms with van der Waals surface area (Å²) in [5.74, 6) is 0. The Bertz CT molecular complexity index is 91.7. The smallest absolute Gasteiger partial charge is 0.759 e. The van der Waals surface area contributed by atoms with Crippen molar-refractivity contribution in [3.63, 3.8) is 0 Å². The van der Waals surface area contributed by atoms with Crippen LogP contribution in [-0.4, -0.2) is 74.0 Å². The van der Waals surface area contributed by atoms with Crippen molar-refractivity contribution in [2.45, 2.75) is 0 Å². The Morgan fingerprint density at radius 1 is 1.00 bits per heavy atom. The van der Waals surface area contributed by atoms with E-state index in [0.717, 1.165) is 0 Å². The summed E-state index contributed by atoms with van der Waals surface area (Å²) in [4.78, 5) is 0. The molecule has 0 atom stereocenters. The predicted molar refractivity (Wildman–Crippen MR) is 23.5 cm³/mol. The molecular weight excluding hydrogens is 216 g/mol. The first-order valence-electron chi connectivity index (χ1n) is 0.667. The van der Waals surface area contributed by atoms with Gasteiger partial charge in [0.15, 0.2) is 0 Å². The fourth-order valence-electron chi connectivity index (χ4n) is 0. The molecule has 0 aromatic heterocycles. The molecule has 0 bridgehead atoms. The molecule has 0 aliphatic carbocycles. The van der Waals surface area contributed by atoms with Crippen LogP contribution in [0.3, 0.4) is 0 Å². The third kappa shape index (κ3) is 177. The average Bonchev–Trinajstić information content (AvgIpc) is 0.722. The van der Waals surface area contributed by atoms with E-state index in [2.05, 4.69) is 0 Å². The van der Waals surface area contributed by atoms with Crippen LogP contribution in [0.25, 0.3) is 0 Å². The second-order valence-electron chi connectivity index (χ2n) is 0.408. The minimum atomic E-state index is -5.17. The third-order valence-corrected chi connectivity index (χ3v) is 0. The van der Waals surface area contributed by atoms with Crippen LogP contribution < -0.4 is 0 Å². The van der Waals surface area contributed by atoms with Crippen molar-refractivity contribution >= 4 is 55.9 Å². The van der Waals surface area contributed by atoms with E-state index in [1.165, 1.54) is 0 Å². The molecular formula is H4O6SSr. The minimum absolute atomic E-state index is 0. The van der Waals surface area contributed by atoms with E-state index in [4.69, 9.17) is 17.5 Å². The van der Waals surface area contributed by atoms with Gasteiger partial charge in [-0.05, 0) is 0 Å². The Balaban J connectivity index is -0.0000000267. The van der Waals surface area contributed by atoms with Gasteiger partial charge in [-0.15, -0.1) is 0 Å². The quantitative estimate of drug-likeness (QED) is 0.238. The monoisotopic (exact) mass is 220 g/mol. The molecule has 0 amide bonds. The SMILES string of the molecule is O.O.O=S(=O)([O-])[O-].[Sr+2]. The standard InChI is InChI=1S/H2O4S.2H2O.Sr/c1-5(2,3)4;;;/h(H2,1,2,3,4);2*1H2;/q;;;+2/p-2. The van der Waals surface area contributed by atoms with Crippen LogP contribution in [0.15, 0.2) is 0 Å². The van der Waals surface area contributed by atoms with Gasteiger partial charge >= 0.3 is 45.5 Å². The van der Waals surface area contributed by atoms with Crippen molar-refractivity contribution < 1.29 is 28.5 Å². The van der Waals surface area contributed by atoms with Crippen molar-refractivity contribution in [3.05, 3.63) is 0 Å². The van der Waals surface area contributed by atoms with Crippen molar-refractivity contribution in [2.75, 3.05) is 0 Å². The van der Waals surface area contributed by atoms with Gasteiger partial charge < -0.3 is 20.1 Å². The summed E-state index contributed by atoms with van der Waals surface area (Å²) in [6.07, 6.45) is 0. The van der Waals surface area contributed by atoms with Crippen molar-refractivity contribution in [1.82, 2.24) is 0 Å². The molecule has 8 heavy (non-hydrogen) atoms. The average molecular weight is 220 g/mol. The fourth-order valence-corrected chi connectivity index (χ4v) is 0. The second kappa shape index (κ2) is 8.27. The first-order valence-corrected chi connectivity index (χ1v) is 2.00. The second-order valence-corrected chi connectivity index (χ2v) is 1.22. The van der Waals surface area contributed by atoms with E-state index < -0.39 is 10.4 Å². The molecule has 0 heterocycles. The zero-order valence-electron chi connectivity index (χ0n) is 3.75. The van der Waals surface area contributed by atoms with Gasteiger partial charge in [0.1, 0.15) is 0 Å². The summed E-state index contributed by atoms with van der Waals surface area (Å²) in [5, 5.41) is 0. The number of rotatable bonds is 0. The van der Waals surface area contributed by atoms with Crippen LogP contribution in [-0.2, 0) is 10.4 Å². The van der Waals surface area contributed by atoms with Gasteiger partial charge in [0.05, 0.1) is 0 Å². The zero-order valence-corrected chi connectivity index (χ0v) is 8.04. The maximum atomic E-state index is 8.52. The van der Waals surface area contributed by atoms with Crippen molar-refractivity contribution in [1.29, 1.82) is 0 Å². The molecule has 0 saturated carbocycles. The first kappa shape index (κ1) is 22.8. The molecule has 48 valence electrons. The maximum Gasteiger partial charge on any atom is 2.00 e. The minimum Gasteiger partial charge on any atom is -0.759 e. The molecule has 0 spiro atoms. The van der Waals surface area contributed by atoms with E-state index in [9.17, 15) is 0 Å². The topological polar surface area (TPSA) is 143 Å². The molecule has 0 aromatic rings. The Hall–Kier alpha value is 1.27. The van der Waals surface area contributed by atoms with E-state index >= 15 is 0 Å². The molecule has 0 saturated heterocycles.